The Morgan fingerprint density at radius 1 is 1.03 bits per heavy atom. The van der Waals surface area contributed by atoms with Crippen LogP contribution in [0.1, 0.15) is 28.4 Å². The van der Waals surface area contributed by atoms with Gasteiger partial charge < -0.3 is 14.2 Å². The van der Waals surface area contributed by atoms with E-state index < -0.39 is 5.91 Å². The summed E-state index contributed by atoms with van der Waals surface area (Å²) in [5, 5.41) is 4.07. The van der Waals surface area contributed by atoms with Gasteiger partial charge in [0.05, 0.1) is 12.8 Å². The third kappa shape index (κ3) is 7.18. The van der Waals surface area contributed by atoms with Crippen molar-refractivity contribution in [1.82, 2.24) is 5.43 Å². The molecule has 0 aliphatic heterocycles. The molecule has 8 heteroatoms. The van der Waals surface area contributed by atoms with Crippen LogP contribution in [0.5, 0.6) is 17.2 Å². The van der Waals surface area contributed by atoms with E-state index in [1.807, 2.05) is 19.1 Å². The molecular weight excluding hydrogens is 503 g/mol. The van der Waals surface area contributed by atoms with Gasteiger partial charge in [-0.3, -0.25) is 4.79 Å². The van der Waals surface area contributed by atoms with E-state index >= 15 is 0 Å². The van der Waals surface area contributed by atoms with Crippen LogP contribution in [0.25, 0.3) is 0 Å². The number of rotatable bonds is 11. The first-order valence-electron chi connectivity index (χ1n) is 10.5. The Bertz CT molecular complexity index is 1170. The lowest BCUT2D eigenvalue weighted by molar-refractivity contribution is 0.0954. The lowest BCUT2D eigenvalue weighted by Crippen LogP contribution is -2.18. The van der Waals surface area contributed by atoms with Gasteiger partial charge in [0.2, 0.25) is 0 Å². The summed E-state index contributed by atoms with van der Waals surface area (Å²) in [6.07, 6.45) is 3.12. The maximum atomic E-state index is 13.1. The second kappa shape index (κ2) is 12.6. The van der Waals surface area contributed by atoms with Gasteiger partial charge in [-0.15, -0.1) is 0 Å². The number of benzene rings is 3. The van der Waals surface area contributed by atoms with Gasteiger partial charge in [-0.25, -0.2) is 9.82 Å². The maximum absolute atomic E-state index is 13.1. The monoisotopic (exact) mass is 526 g/mol. The molecule has 0 aliphatic rings. The van der Waals surface area contributed by atoms with Crippen LogP contribution in [0.15, 0.2) is 82.9 Å². The molecule has 0 unspecified atom stereocenters. The fraction of sp³-hybridized carbons (Fsp3) is 0.154. The molecule has 0 aliphatic carbocycles. The van der Waals surface area contributed by atoms with Gasteiger partial charge >= 0.3 is 0 Å². The molecule has 0 aromatic heterocycles. The Morgan fingerprint density at radius 3 is 2.53 bits per heavy atom. The Kier molecular flexibility index (Phi) is 9.22. The van der Waals surface area contributed by atoms with Gasteiger partial charge in [-0.2, -0.15) is 5.10 Å². The minimum Gasteiger partial charge on any atom is -0.490 e. The molecule has 0 atom stereocenters. The largest absolute Gasteiger partial charge is 0.490 e. The molecule has 3 aromatic carbocycles. The number of halogens is 2. The molecule has 3 rings (SSSR count). The second-order valence-corrected chi connectivity index (χ2v) is 7.91. The van der Waals surface area contributed by atoms with Crippen LogP contribution in [0.2, 0.25) is 0 Å². The van der Waals surface area contributed by atoms with Crippen molar-refractivity contribution in [3.63, 3.8) is 0 Å². The van der Waals surface area contributed by atoms with Gasteiger partial charge in [0.1, 0.15) is 24.8 Å². The van der Waals surface area contributed by atoms with E-state index in [0.717, 1.165) is 10.0 Å². The van der Waals surface area contributed by atoms with Crippen molar-refractivity contribution in [1.29, 1.82) is 0 Å². The Morgan fingerprint density at radius 2 is 1.79 bits per heavy atom. The number of nitrogens with one attached hydrogen (secondary N) is 1. The molecule has 1 N–H and O–H groups in total. The summed E-state index contributed by atoms with van der Waals surface area (Å²) in [6.45, 7) is 6.49. The zero-order valence-electron chi connectivity index (χ0n) is 18.6. The van der Waals surface area contributed by atoms with Crippen LogP contribution in [0.3, 0.4) is 0 Å². The molecule has 0 saturated heterocycles. The summed E-state index contributed by atoms with van der Waals surface area (Å²) >= 11 is 3.43. The number of hydrazone groups is 1. The van der Waals surface area contributed by atoms with Crippen LogP contribution >= 0.6 is 15.9 Å². The van der Waals surface area contributed by atoms with E-state index in [1.54, 1.807) is 42.5 Å². The first-order chi connectivity index (χ1) is 16.5. The predicted octanol–water partition coefficient (Wildman–Crippen LogP) is 5.89. The number of nitrogens with zero attached hydrogens (tertiary/aromatic N) is 1. The van der Waals surface area contributed by atoms with Crippen molar-refractivity contribution < 1.29 is 23.4 Å². The minimum absolute atomic E-state index is 0.260. The fourth-order valence-corrected chi connectivity index (χ4v) is 3.28. The summed E-state index contributed by atoms with van der Waals surface area (Å²) in [4.78, 5) is 12.6. The van der Waals surface area contributed by atoms with Crippen LogP contribution in [-0.2, 0) is 6.61 Å². The highest BCUT2D eigenvalue weighted by Gasteiger charge is 2.11. The first-order valence-corrected chi connectivity index (χ1v) is 11.3. The molecule has 0 bridgehead atoms. The van der Waals surface area contributed by atoms with Crippen LogP contribution in [-0.4, -0.2) is 25.3 Å². The van der Waals surface area contributed by atoms with Gasteiger partial charge in [0.15, 0.2) is 11.5 Å². The normalized spacial score (nSPS) is 10.7. The van der Waals surface area contributed by atoms with E-state index in [-0.39, 0.29) is 12.4 Å². The van der Waals surface area contributed by atoms with E-state index in [0.29, 0.717) is 41.6 Å². The number of carbonyl (C=O) groups excluding carboxylic acids is 1. The van der Waals surface area contributed by atoms with E-state index in [4.69, 9.17) is 14.2 Å². The zero-order valence-corrected chi connectivity index (χ0v) is 20.2. The maximum Gasteiger partial charge on any atom is 0.271 e. The van der Waals surface area contributed by atoms with Crippen LogP contribution < -0.4 is 19.6 Å². The van der Waals surface area contributed by atoms with Gasteiger partial charge in [0.25, 0.3) is 5.91 Å². The molecule has 0 heterocycles. The smallest absolute Gasteiger partial charge is 0.271 e. The molecule has 176 valence electrons. The van der Waals surface area contributed by atoms with Crippen LogP contribution in [0.4, 0.5) is 4.39 Å². The van der Waals surface area contributed by atoms with Gasteiger partial charge in [-0.1, -0.05) is 40.7 Å². The quantitative estimate of drug-likeness (QED) is 0.192. The predicted molar refractivity (Wildman–Crippen MR) is 133 cm³/mol. The second-order valence-electron chi connectivity index (χ2n) is 6.99. The molecule has 6 nitrogen and oxygen atoms in total. The summed E-state index contributed by atoms with van der Waals surface area (Å²) < 4.78 is 30.9. The average molecular weight is 527 g/mol. The van der Waals surface area contributed by atoms with Crippen molar-refractivity contribution in [2.24, 2.45) is 5.10 Å². The number of carbonyl (C=O) groups is 1. The van der Waals surface area contributed by atoms with Gasteiger partial charge in [0, 0.05) is 15.6 Å². The van der Waals surface area contributed by atoms with E-state index in [2.05, 4.69) is 33.0 Å². The molecule has 0 radical (unpaired) electrons. The third-order valence-electron chi connectivity index (χ3n) is 4.51. The third-order valence-corrected chi connectivity index (χ3v) is 5.00. The highest BCUT2D eigenvalue weighted by molar-refractivity contribution is 9.10. The zero-order chi connectivity index (χ0) is 24.3. The molecule has 1 amide bonds. The fourth-order valence-electron chi connectivity index (χ4n) is 2.90. The molecule has 0 saturated carbocycles. The molecule has 3 aromatic rings. The number of ether oxygens (including phenoxy) is 3. The van der Waals surface area contributed by atoms with Crippen LogP contribution in [0, 0.1) is 5.82 Å². The molecule has 34 heavy (non-hydrogen) atoms. The number of hydrogen-bond donors (Lipinski definition) is 1. The molecule has 0 fully saturated rings. The van der Waals surface area contributed by atoms with Crippen molar-refractivity contribution in [3.05, 3.63) is 100 Å². The lowest BCUT2D eigenvalue weighted by atomic mass is 10.2. The van der Waals surface area contributed by atoms with Crippen molar-refractivity contribution in [2.45, 2.75) is 13.5 Å². The number of hydrogen-bond acceptors (Lipinski definition) is 5. The molecule has 0 spiro atoms. The van der Waals surface area contributed by atoms with E-state index in [1.165, 1.54) is 18.3 Å². The Labute approximate surface area is 206 Å². The van der Waals surface area contributed by atoms with Crippen molar-refractivity contribution >= 4 is 28.1 Å². The van der Waals surface area contributed by atoms with Crippen molar-refractivity contribution in [2.75, 3.05) is 13.2 Å². The molecular formula is C26H24BrFN2O4. The summed E-state index contributed by atoms with van der Waals surface area (Å²) in [6, 6.07) is 16.4. The SMILES string of the molecule is C=CCOc1ccc(C(=O)N/N=C/c2cc(Br)ccc2OCc2ccc(F)cc2)cc1OCC. The van der Waals surface area contributed by atoms with E-state index in [9.17, 15) is 9.18 Å². The Balaban J connectivity index is 1.68. The highest BCUT2D eigenvalue weighted by atomic mass is 79.9. The summed E-state index contributed by atoms with van der Waals surface area (Å²) in [5.41, 5.74) is 4.36. The van der Waals surface area contributed by atoms with Gasteiger partial charge in [-0.05, 0) is 61.0 Å². The topological polar surface area (TPSA) is 69.2 Å². The highest BCUT2D eigenvalue weighted by Crippen LogP contribution is 2.28. The Hall–Kier alpha value is -3.65. The van der Waals surface area contributed by atoms with Crippen molar-refractivity contribution in [3.8, 4) is 17.2 Å². The average Bonchev–Trinajstić information content (AvgIpc) is 2.84. The lowest BCUT2D eigenvalue weighted by Gasteiger charge is -2.12. The standard InChI is InChI=1S/C26H24BrFN2O4/c1-3-13-33-24-11-7-19(15-25(24)32-4-2)26(31)30-29-16-20-14-21(27)8-12-23(20)34-17-18-5-9-22(28)10-6-18/h3,5-12,14-16H,1,4,13,17H2,2H3,(H,30,31)/b29-16+. The number of amides is 1. The summed E-state index contributed by atoms with van der Waals surface area (Å²) in [5.74, 6) is 0.843. The first kappa shape index (κ1) is 25.0. The summed E-state index contributed by atoms with van der Waals surface area (Å²) in [7, 11) is 0. The minimum atomic E-state index is -0.406.